The number of amides is 1. The average Bonchev–Trinajstić information content (AvgIpc) is 2.30. The predicted octanol–water partition coefficient (Wildman–Crippen LogP) is 1.47. The molecule has 5 heteroatoms. The summed E-state index contributed by atoms with van der Waals surface area (Å²) >= 11 is 1.36. The van der Waals surface area contributed by atoms with E-state index in [1.165, 1.54) is 23.9 Å². The summed E-state index contributed by atoms with van der Waals surface area (Å²) in [4.78, 5) is 11.3. The van der Waals surface area contributed by atoms with Crippen LogP contribution >= 0.6 is 11.8 Å². The van der Waals surface area contributed by atoms with Gasteiger partial charge in [-0.2, -0.15) is 11.8 Å². The van der Waals surface area contributed by atoms with Gasteiger partial charge in [0.2, 0.25) is 5.91 Å². The van der Waals surface area contributed by atoms with E-state index in [2.05, 4.69) is 17.2 Å². The fraction of sp³-hybridized carbons (Fsp3) is 0.250. The number of rotatable bonds is 3. The molecule has 3 nitrogen and oxygen atoms in total. The number of carbonyl (C=O) groups is 1. The molecule has 1 amide bonds. The Morgan fingerprint density at radius 2 is 2.35 bits per heavy atom. The maximum atomic E-state index is 13.5. The number of aliphatic hydroxyl groups is 1. The third-order valence-corrected chi connectivity index (χ3v) is 2.38. The quantitative estimate of drug-likeness (QED) is 0.802. The summed E-state index contributed by atoms with van der Waals surface area (Å²) < 4.78 is 13.5. The molecule has 0 saturated carbocycles. The van der Waals surface area contributed by atoms with Gasteiger partial charge in [0.1, 0.15) is 12.4 Å². The van der Waals surface area contributed by atoms with Crippen molar-refractivity contribution < 1.29 is 14.3 Å². The van der Waals surface area contributed by atoms with Gasteiger partial charge in [0.15, 0.2) is 0 Å². The molecule has 1 aromatic rings. The molecular formula is C12H12FNO2S. The van der Waals surface area contributed by atoms with Gasteiger partial charge in [-0.05, 0) is 24.5 Å². The second-order valence-corrected chi connectivity index (χ2v) is 4.00. The van der Waals surface area contributed by atoms with Crippen molar-refractivity contribution in [1.82, 2.24) is 0 Å². The van der Waals surface area contributed by atoms with Crippen molar-refractivity contribution >= 4 is 23.4 Å². The van der Waals surface area contributed by atoms with Gasteiger partial charge in [-0.3, -0.25) is 4.79 Å². The van der Waals surface area contributed by atoms with Crippen LogP contribution in [-0.4, -0.2) is 29.6 Å². The number of carbonyl (C=O) groups excluding carboxylic acids is 1. The number of aliphatic hydroxyl groups excluding tert-OH is 1. The van der Waals surface area contributed by atoms with Crippen molar-refractivity contribution in [3.05, 3.63) is 29.6 Å². The Balaban J connectivity index is 2.79. The first-order chi connectivity index (χ1) is 8.17. The highest BCUT2D eigenvalue weighted by molar-refractivity contribution is 7.99. The van der Waals surface area contributed by atoms with Gasteiger partial charge in [-0.1, -0.05) is 11.8 Å². The van der Waals surface area contributed by atoms with Gasteiger partial charge in [0.25, 0.3) is 0 Å². The van der Waals surface area contributed by atoms with E-state index in [0.717, 1.165) is 0 Å². The summed E-state index contributed by atoms with van der Waals surface area (Å²) in [6.45, 7) is -0.270. The van der Waals surface area contributed by atoms with Crippen LogP contribution in [0.25, 0.3) is 0 Å². The molecule has 90 valence electrons. The van der Waals surface area contributed by atoms with Crippen LogP contribution < -0.4 is 5.32 Å². The third kappa shape index (κ3) is 4.47. The fourth-order valence-electron chi connectivity index (χ4n) is 1.15. The molecule has 1 aromatic carbocycles. The van der Waals surface area contributed by atoms with Crippen molar-refractivity contribution in [2.75, 3.05) is 23.9 Å². The Morgan fingerprint density at radius 3 is 2.94 bits per heavy atom. The molecule has 0 aliphatic rings. The first-order valence-electron chi connectivity index (χ1n) is 4.85. The van der Waals surface area contributed by atoms with E-state index in [1.807, 2.05) is 0 Å². The van der Waals surface area contributed by atoms with Gasteiger partial charge in [-0.15, -0.1) is 0 Å². The zero-order valence-electron chi connectivity index (χ0n) is 9.29. The van der Waals surface area contributed by atoms with Crippen LogP contribution in [0.1, 0.15) is 5.56 Å². The zero-order valence-corrected chi connectivity index (χ0v) is 10.1. The lowest BCUT2D eigenvalue weighted by Crippen LogP contribution is -2.14. The third-order valence-electron chi connectivity index (χ3n) is 1.83. The molecule has 2 N–H and O–H groups in total. The molecule has 1 rings (SSSR count). The Morgan fingerprint density at radius 1 is 1.59 bits per heavy atom. The van der Waals surface area contributed by atoms with Crippen molar-refractivity contribution in [1.29, 1.82) is 0 Å². The Bertz CT molecular complexity index is 465. The number of halogens is 1. The molecule has 0 unspecified atom stereocenters. The molecule has 0 fully saturated rings. The lowest BCUT2D eigenvalue weighted by Gasteiger charge is -2.05. The molecule has 0 atom stereocenters. The highest BCUT2D eigenvalue weighted by atomic mass is 32.2. The second kappa shape index (κ2) is 6.94. The summed E-state index contributed by atoms with van der Waals surface area (Å²) in [6, 6.07) is 4.26. The number of nitrogens with one attached hydrogen (secondary N) is 1. The monoisotopic (exact) mass is 253 g/mol. The summed E-state index contributed by atoms with van der Waals surface area (Å²) in [6.07, 6.45) is 1.80. The highest BCUT2D eigenvalue weighted by Gasteiger charge is 2.06. The molecule has 0 aromatic heterocycles. The number of benzene rings is 1. The highest BCUT2D eigenvalue weighted by Crippen LogP contribution is 2.15. The fourth-order valence-corrected chi connectivity index (χ4v) is 1.49. The maximum Gasteiger partial charge on any atom is 0.234 e. The standard InChI is InChI=1S/C12H12FNO2S/c1-17-8-12(16)14-11-5-4-9(3-2-6-15)7-10(11)13/h4-5,7,15H,6,8H2,1H3,(H,14,16). The number of hydrogen-bond acceptors (Lipinski definition) is 3. The Kier molecular flexibility index (Phi) is 5.53. The summed E-state index contributed by atoms with van der Waals surface area (Å²) in [5, 5.41) is 11.0. The molecule has 0 saturated heterocycles. The van der Waals surface area contributed by atoms with Crippen LogP contribution in [0.4, 0.5) is 10.1 Å². The number of thioether (sulfide) groups is 1. The van der Waals surface area contributed by atoms with Crippen LogP contribution in [0.15, 0.2) is 18.2 Å². The minimum atomic E-state index is -0.538. The molecule has 0 radical (unpaired) electrons. The van der Waals surface area contributed by atoms with E-state index >= 15 is 0 Å². The van der Waals surface area contributed by atoms with E-state index in [4.69, 9.17) is 5.11 Å². The van der Waals surface area contributed by atoms with Gasteiger partial charge in [0.05, 0.1) is 11.4 Å². The van der Waals surface area contributed by atoms with E-state index in [-0.39, 0.29) is 24.0 Å². The topological polar surface area (TPSA) is 49.3 Å². The van der Waals surface area contributed by atoms with E-state index in [9.17, 15) is 9.18 Å². The van der Waals surface area contributed by atoms with Crippen LogP contribution in [0.2, 0.25) is 0 Å². The SMILES string of the molecule is CSCC(=O)Nc1ccc(C#CCO)cc1F. The average molecular weight is 253 g/mol. The summed E-state index contributed by atoms with van der Waals surface area (Å²) in [5.74, 6) is 4.51. The van der Waals surface area contributed by atoms with Crippen molar-refractivity contribution in [2.24, 2.45) is 0 Å². The van der Waals surface area contributed by atoms with Gasteiger partial charge in [0, 0.05) is 5.56 Å². The molecule has 0 aliphatic heterocycles. The zero-order chi connectivity index (χ0) is 12.7. The Hall–Kier alpha value is -1.51. The first kappa shape index (κ1) is 13.6. The predicted molar refractivity (Wildman–Crippen MR) is 67.4 cm³/mol. The van der Waals surface area contributed by atoms with Crippen molar-refractivity contribution in [2.45, 2.75) is 0 Å². The minimum Gasteiger partial charge on any atom is -0.384 e. The van der Waals surface area contributed by atoms with Crippen molar-refractivity contribution in [3.63, 3.8) is 0 Å². The van der Waals surface area contributed by atoms with E-state index < -0.39 is 5.82 Å². The Labute approximate surface area is 103 Å². The summed E-state index contributed by atoms with van der Waals surface area (Å²) in [7, 11) is 0. The smallest absolute Gasteiger partial charge is 0.234 e. The minimum absolute atomic E-state index is 0.138. The van der Waals surface area contributed by atoms with E-state index in [0.29, 0.717) is 5.56 Å². The molecule has 0 heterocycles. The molecule has 0 spiro atoms. The summed E-state index contributed by atoms with van der Waals surface area (Å²) in [5.41, 5.74) is 0.595. The molecule has 0 aliphatic carbocycles. The maximum absolute atomic E-state index is 13.5. The van der Waals surface area contributed by atoms with Crippen LogP contribution in [0.5, 0.6) is 0 Å². The van der Waals surface area contributed by atoms with Crippen LogP contribution in [0.3, 0.4) is 0 Å². The van der Waals surface area contributed by atoms with Gasteiger partial charge < -0.3 is 10.4 Å². The number of hydrogen-bond donors (Lipinski definition) is 2. The van der Waals surface area contributed by atoms with Gasteiger partial charge in [-0.25, -0.2) is 4.39 Å². The van der Waals surface area contributed by atoms with Gasteiger partial charge >= 0.3 is 0 Å². The lowest BCUT2D eigenvalue weighted by molar-refractivity contribution is -0.113. The van der Waals surface area contributed by atoms with E-state index in [1.54, 1.807) is 12.3 Å². The van der Waals surface area contributed by atoms with Crippen LogP contribution in [-0.2, 0) is 4.79 Å². The van der Waals surface area contributed by atoms with Crippen LogP contribution in [0, 0.1) is 17.7 Å². The first-order valence-corrected chi connectivity index (χ1v) is 6.25. The molecular weight excluding hydrogens is 241 g/mol. The normalized spacial score (nSPS) is 9.35. The van der Waals surface area contributed by atoms with Crippen molar-refractivity contribution in [3.8, 4) is 11.8 Å². The lowest BCUT2D eigenvalue weighted by atomic mass is 10.2. The largest absolute Gasteiger partial charge is 0.384 e. The molecule has 0 bridgehead atoms. The molecule has 17 heavy (non-hydrogen) atoms. The second-order valence-electron chi connectivity index (χ2n) is 3.14. The number of anilines is 1.